The highest BCUT2D eigenvalue weighted by atomic mass is 19.1. The zero-order valence-electron chi connectivity index (χ0n) is 10.9. The number of hydrogen-bond donors (Lipinski definition) is 1. The number of carbonyl (C=O) groups excluding carboxylic acids is 2. The number of ketones is 1. The zero-order valence-corrected chi connectivity index (χ0v) is 10.9. The molecule has 0 bridgehead atoms. The molecule has 0 atom stereocenters. The Bertz CT molecular complexity index is 431. The highest BCUT2D eigenvalue weighted by molar-refractivity contribution is 5.97. The molecule has 0 saturated carbocycles. The van der Waals surface area contributed by atoms with Crippen molar-refractivity contribution in [1.82, 2.24) is 4.90 Å². The molecule has 5 heteroatoms. The average molecular weight is 267 g/mol. The summed E-state index contributed by atoms with van der Waals surface area (Å²) in [5.74, 6) is -0.742. The summed E-state index contributed by atoms with van der Waals surface area (Å²) in [6.07, 6.45) is 0.191. The summed E-state index contributed by atoms with van der Waals surface area (Å²) in [6.45, 7) is 2.51. The Balaban J connectivity index is 2.49. The summed E-state index contributed by atoms with van der Waals surface area (Å²) in [4.78, 5) is 25.0. The molecular formula is C14H18FNO3. The number of hydrogen-bond acceptors (Lipinski definition) is 3. The van der Waals surface area contributed by atoms with E-state index in [9.17, 15) is 14.0 Å². The van der Waals surface area contributed by atoms with Crippen LogP contribution in [0.1, 0.15) is 30.1 Å². The second kappa shape index (κ2) is 7.63. The van der Waals surface area contributed by atoms with Gasteiger partial charge in [0.05, 0.1) is 6.61 Å². The lowest BCUT2D eigenvalue weighted by atomic mass is 10.1. The third-order valence-electron chi connectivity index (χ3n) is 2.84. The monoisotopic (exact) mass is 267 g/mol. The maximum Gasteiger partial charge on any atom is 0.223 e. The molecule has 0 unspecified atom stereocenters. The fraction of sp³-hybridized carbons (Fsp3) is 0.429. The van der Waals surface area contributed by atoms with E-state index >= 15 is 0 Å². The molecule has 1 amide bonds. The molecule has 104 valence electrons. The highest BCUT2D eigenvalue weighted by Crippen LogP contribution is 2.08. The summed E-state index contributed by atoms with van der Waals surface area (Å²) >= 11 is 0. The maximum atomic E-state index is 12.7. The number of aliphatic hydroxyl groups is 1. The van der Waals surface area contributed by atoms with Gasteiger partial charge in [0.2, 0.25) is 5.91 Å². The number of Topliss-reactive ketones (excluding diaryl/α,β-unsaturated/α-hetero) is 1. The van der Waals surface area contributed by atoms with Crippen molar-refractivity contribution in [1.29, 1.82) is 0 Å². The van der Waals surface area contributed by atoms with Gasteiger partial charge in [0.25, 0.3) is 0 Å². The largest absolute Gasteiger partial charge is 0.395 e. The van der Waals surface area contributed by atoms with E-state index in [2.05, 4.69) is 0 Å². The molecule has 19 heavy (non-hydrogen) atoms. The number of rotatable bonds is 7. The van der Waals surface area contributed by atoms with Crippen LogP contribution in [-0.2, 0) is 4.79 Å². The first-order valence-corrected chi connectivity index (χ1v) is 6.26. The first-order valence-electron chi connectivity index (χ1n) is 6.26. The predicted octanol–water partition coefficient (Wildman–Crippen LogP) is 1.63. The van der Waals surface area contributed by atoms with Gasteiger partial charge in [-0.05, 0) is 31.2 Å². The smallest absolute Gasteiger partial charge is 0.223 e. The molecule has 0 aliphatic rings. The van der Waals surface area contributed by atoms with Gasteiger partial charge in [0.15, 0.2) is 5.78 Å². The first kappa shape index (κ1) is 15.3. The van der Waals surface area contributed by atoms with Gasteiger partial charge in [-0.25, -0.2) is 4.39 Å². The predicted molar refractivity (Wildman–Crippen MR) is 69.3 cm³/mol. The molecule has 4 nitrogen and oxygen atoms in total. The van der Waals surface area contributed by atoms with Gasteiger partial charge in [0.1, 0.15) is 5.82 Å². The lowest BCUT2D eigenvalue weighted by Gasteiger charge is -2.19. The minimum absolute atomic E-state index is 0.0897. The molecule has 0 heterocycles. The van der Waals surface area contributed by atoms with Gasteiger partial charge in [-0.1, -0.05) is 0 Å². The third-order valence-corrected chi connectivity index (χ3v) is 2.84. The Hall–Kier alpha value is -1.75. The van der Waals surface area contributed by atoms with Crippen molar-refractivity contribution in [3.63, 3.8) is 0 Å². The van der Waals surface area contributed by atoms with Crippen molar-refractivity contribution in [3.05, 3.63) is 35.6 Å². The summed E-state index contributed by atoms with van der Waals surface area (Å²) in [6, 6.07) is 5.26. The fourth-order valence-corrected chi connectivity index (χ4v) is 1.74. The summed E-state index contributed by atoms with van der Waals surface area (Å²) in [5.41, 5.74) is 0.402. The van der Waals surface area contributed by atoms with E-state index in [0.29, 0.717) is 12.1 Å². The first-order chi connectivity index (χ1) is 9.08. The number of likely N-dealkylation sites (N-methyl/N-ethyl adjacent to an activating group) is 1. The number of halogens is 1. The van der Waals surface area contributed by atoms with Gasteiger partial charge in [0, 0.05) is 31.5 Å². The summed E-state index contributed by atoms with van der Waals surface area (Å²) < 4.78 is 12.7. The normalized spacial score (nSPS) is 10.3. The van der Waals surface area contributed by atoms with Crippen LogP contribution in [0.25, 0.3) is 0 Å². The van der Waals surface area contributed by atoms with E-state index in [-0.39, 0.29) is 37.7 Å². The molecule has 0 spiro atoms. The van der Waals surface area contributed by atoms with E-state index in [4.69, 9.17) is 5.11 Å². The second-order valence-corrected chi connectivity index (χ2v) is 4.13. The van der Waals surface area contributed by atoms with Crippen LogP contribution in [0.2, 0.25) is 0 Å². The van der Waals surface area contributed by atoms with E-state index in [1.165, 1.54) is 29.2 Å². The van der Waals surface area contributed by atoms with Crippen molar-refractivity contribution in [2.24, 2.45) is 0 Å². The van der Waals surface area contributed by atoms with Crippen LogP contribution in [0.5, 0.6) is 0 Å². The van der Waals surface area contributed by atoms with Crippen LogP contribution in [0.3, 0.4) is 0 Å². The van der Waals surface area contributed by atoms with Crippen LogP contribution < -0.4 is 0 Å². The highest BCUT2D eigenvalue weighted by Gasteiger charge is 2.14. The molecule has 0 radical (unpaired) electrons. The maximum absolute atomic E-state index is 12.7. The Morgan fingerprint density at radius 1 is 1.21 bits per heavy atom. The Labute approximate surface area is 111 Å². The molecule has 0 aromatic heterocycles. The molecule has 0 aliphatic carbocycles. The van der Waals surface area contributed by atoms with Crippen molar-refractivity contribution < 1.29 is 19.1 Å². The van der Waals surface area contributed by atoms with Gasteiger partial charge in [-0.15, -0.1) is 0 Å². The lowest BCUT2D eigenvalue weighted by Crippen LogP contribution is -2.33. The zero-order chi connectivity index (χ0) is 14.3. The van der Waals surface area contributed by atoms with E-state index in [1.54, 1.807) is 0 Å². The number of carbonyl (C=O) groups is 2. The quantitative estimate of drug-likeness (QED) is 0.764. The molecule has 1 aromatic rings. The van der Waals surface area contributed by atoms with Gasteiger partial charge in [-0.3, -0.25) is 9.59 Å². The van der Waals surface area contributed by atoms with Crippen LogP contribution in [-0.4, -0.2) is 41.4 Å². The lowest BCUT2D eigenvalue weighted by molar-refractivity contribution is -0.131. The van der Waals surface area contributed by atoms with Crippen molar-refractivity contribution in [3.8, 4) is 0 Å². The Kier molecular flexibility index (Phi) is 6.15. The summed E-state index contributed by atoms with van der Waals surface area (Å²) in [7, 11) is 0. The van der Waals surface area contributed by atoms with Gasteiger partial charge >= 0.3 is 0 Å². The van der Waals surface area contributed by atoms with Crippen LogP contribution in [0.15, 0.2) is 24.3 Å². The minimum Gasteiger partial charge on any atom is -0.395 e. The van der Waals surface area contributed by atoms with Crippen LogP contribution >= 0.6 is 0 Å². The molecule has 1 rings (SSSR count). The number of nitrogens with zero attached hydrogens (tertiary/aromatic N) is 1. The van der Waals surface area contributed by atoms with Crippen molar-refractivity contribution >= 4 is 11.7 Å². The molecule has 1 N–H and O–H groups in total. The standard InChI is InChI=1S/C14H18FNO3/c1-2-16(9-10-17)14(19)8-7-13(18)11-3-5-12(15)6-4-11/h3-6,17H,2,7-10H2,1H3. The van der Waals surface area contributed by atoms with Gasteiger partial charge < -0.3 is 10.0 Å². The SMILES string of the molecule is CCN(CCO)C(=O)CCC(=O)c1ccc(F)cc1. The average Bonchev–Trinajstić information content (AvgIpc) is 2.42. The Morgan fingerprint density at radius 2 is 1.84 bits per heavy atom. The number of aliphatic hydroxyl groups excluding tert-OH is 1. The van der Waals surface area contributed by atoms with Crippen LogP contribution in [0, 0.1) is 5.82 Å². The molecule has 0 saturated heterocycles. The molecular weight excluding hydrogens is 249 g/mol. The Morgan fingerprint density at radius 3 is 2.37 bits per heavy atom. The van der Waals surface area contributed by atoms with Crippen LogP contribution in [0.4, 0.5) is 4.39 Å². The third kappa shape index (κ3) is 4.79. The van der Waals surface area contributed by atoms with Gasteiger partial charge in [-0.2, -0.15) is 0 Å². The van der Waals surface area contributed by atoms with E-state index < -0.39 is 5.82 Å². The van der Waals surface area contributed by atoms with E-state index in [0.717, 1.165) is 0 Å². The number of amides is 1. The second-order valence-electron chi connectivity index (χ2n) is 4.13. The number of benzene rings is 1. The van der Waals surface area contributed by atoms with Crippen molar-refractivity contribution in [2.75, 3.05) is 19.7 Å². The minimum atomic E-state index is -0.396. The fourth-order valence-electron chi connectivity index (χ4n) is 1.74. The molecule has 0 aliphatic heterocycles. The van der Waals surface area contributed by atoms with Crippen molar-refractivity contribution in [2.45, 2.75) is 19.8 Å². The summed E-state index contributed by atoms with van der Waals surface area (Å²) in [5, 5.41) is 8.80. The molecule has 0 fully saturated rings. The van der Waals surface area contributed by atoms with E-state index in [1.807, 2.05) is 6.92 Å². The molecule has 1 aromatic carbocycles. The topological polar surface area (TPSA) is 57.6 Å².